The van der Waals surface area contributed by atoms with E-state index in [1.165, 1.54) is 10.5 Å². The number of nitrogen functional groups attached to an aromatic ring is 1. The summed E-state index contributed by atoms with van der Waals surface area (Å²) in [6, 6.07) is 0. The number of anilines is 1. The summed E-state index contributed by atoms with van der Waals surface area (Å²) in [5.74, 6) is 0.336. The summed E-state index contributed by atoms with van der Waals surface area (Å²) in [4.78, 5) is 0.0515. The van der Waals surface area contributed by atoms with E-state index < -0.39 is 10.0 Å². The minimum Gasteiger partial charge on any atom is -0.384 e. The highest BCUT2D eigenvalue weighted by Gasteiger charge is 2.34. The van der Waals surface area contributed by atoms with Gasteiger partial charge in [0.1, 0.15) is 10.7 Å². The molecule has 96 valence electrons. The largest absolute Gasteiger partial charge is 0.384 e. The van der Waals surface area contributed by atoms with Crippen LogP contribution in [0.25, 0.3) is 0 Å². The van der Waals surface area contributed by atoms with Crippen LogP contribution in [0.2, 0.25) is 0 Å². The van der Waals surface area contributed by atoms with Crippen molar-refractivity contribution in [3.8, 4) is 0 Å². The summed E-state index contributed by atoms with van der Waals surface area (Å²) in [6.07, 6.45) is 2.05. The van der Waals surface area contributed by atoms with E-state index >= 15 is 0 Å². The number of nitrogens with two attached hydrogens (primary N) is 1. The first-order valence-corrected chi connectivity index (χ1v) is 6.77. The van der Waals surface area contributed by atoms with Crippen LogP contribution in [0.5, 0.6) is 0 Å². The molecule has 1 aliphatic heterocycles. The molecule has 2 heterocycles. The van der Waals surface area contributed by atoms with Crippen molar-refractivity contribution in [1.82, 2.24) is 14.5 Å². The van der Waals surface area contributed by atoms with E-state index in [-0.39, 0.29) is 16.6 Å². The lowest BCUT2D eigenvalue weighted by Gasteiger charge is -2.15. The Morgan fingerprint density at radius 2 is 2.47 bits per heavy atom. The molecule has 0 aromatic carbocycles. The van der Waals surface area contributed by atoms with E-state index in [9.17, 15) is 8.42 Å². The molecule has 1 aliphatic rings. The third kappa shape index (κ3) is 2.28. The van der Waals surface area contributed by atoms with Gasteiger partial charge in [-0.25, -0.2) is 8.42 Å². The smallest absolute Gasteiger partial charge is 0.248 e. The van der Waals surface area contributed by atoms with Crippen LogP contribution in [-0.2, 0) is 14.8 Å². The van der Waals surface area contributed by atoms with Crippen molar-refractivity contribution >= 4 is 15.8 Å². The molecular weight excluding hydrogens is 244 g/mol. The zero-order valence-corrected chi connectivity index (χ0v) is 10.4. The molecule has 1 aromatic rings. The molecule has 17 heavy (non-hydrogen) atoms. The minimum absolute atomic E-state index is 0.0515. The van der Waals surface area contributed by atoms with Crippen molar-refractivity contribution in [2.24, 2.45) is 5.92 Å². The van der Waals surface area contributed by atoms with Crippen LogP contribution in [-0.4, -0.2) is 49.7 Å². The lowest BCUT2D eigenvalue weighted by atomic mass is 10.1. The highest BCUT2D eigenvalue weighted by atomic mass is 32.2. The number of aromatic amines is 1. The Bertz CT molecular complexity index is 484. The molecule has 0 saturated carbocycles. The topological polar surface area (TPSA) is 101 Å². The Hall–Kier alpha value is -1.12. The molecule has 1 atom stereocenters. The predicted molar refractivity (Wildman–Crippen MR) is 61.7 cm³/mol. The molecule has 0 spiro atoms. The third-order valence-electron chi connectivity index (χ3n) is 2.90. The Morgan fingerprint density at radius 1 is 1.71 bits per heavy atom. The zero-order chi connectivity index (χ0) is 12.5. The fraction of sp³-hybridized carbons (Fsp3) is 0.667. The molecule has 3 N–H and O–H groups in total. The zero-order valence-electron chi connectivity index (χ0n) is 9.59. The summed E-state index contributed by atoms with van der Waals surface area (Å²) in [5, 5.41) is 6.07. The molecule has 0 bridgehead atoms. The Labute approximate surface area is 100.0 Å². The normalized spacial score (nSPS) is 22.1. The lowest BCUT2D eigenvalue weighted by Crippen LogP contribution is -2.29. The van der Waals surface area contributed by atoms with E-state index in [2.05, 4.69) is 10.2 Å². The standard InChI is InChI=1S/C9H16N4O3S/c1-16-6-7-2-3-13(5-7)17(14,15)8-4-11-12-9(8)10/h4,7H,2-3,5-6H2,1H3,(H3,10,11,12). The van der Waals surface area contributed by atoms with E-state index in [0.717, 1.165) is 6.42 Å². The SMILES string of the molecule is COCC1CCN(S(=O)(=O)c2cn[nH]c2N)C1. The summed E-state index contributed by atoms with van der Waals surface area (Å²) in [7, 11) is -1.90. The van der Waals surface area contributed by atoms with Crippen LogP contribution in [0.4, 0.5) is 5.82 Å². The number of nitrogens with zero attached hydrogens (tertiary/aromatic N) is 2. The average Bonchev–Trinajstić information content (AvgIpc) is 2.87. The van der Waals surface area contributed by atoms with Gasteiger partial charge in [0.25, 0.3) is 0 Å². The van der Waals surface area contributed by atoms with Crippen molar-refractivity contribution in [2.45, 2.75) is 11.3 Å². The first kappa shape index (κ1) is 12.3. The van der Waals surface area contributed by atoms with Crippen LogP contribution in [0.3, 0.4) is 0 Å². The number of methoxy groups -OCH3 is 1. The molecule has 0 radical (unpaired) electrons. The van der Waals surface area contributed by atoms with Crippen molar-refractivity contribution in [1.29, 1.82) is 0 Å². The Morgan fingerprint density at radius 3 is 3.06 bits per heavy atom. The van der Waals surface area contributed by atoms with Gasteiger partial charge < -0.3 is 10.5 Å². The van der Waals surface area contributed by atoms with Crippen molar-refractivity contribution in [2.75, 3.05) is 32.5 Å². The van der Waals surface area contributed by atoms with Crippen LogP contribution in [0.1, 0.15) is 6.42 Å². The van der Waals surface area contributed by atoms with Gasteiger partial charge in [0.2, 0.25) is 10.0 Å². The molecule has 1 fully saturated rings. The molecule has 1 unspecified atom stereocenters. The average molecular weight is 260 g/mol. The lowest BCUT2D eigenvalue weighted by molar-refractivity contribution is 0.157. The number of nitrogens with one attached hydrogen (secondary N) is 1. The van der Waals surface area contributed by atoms with Crippen LogP contribution < -0.4 is 5.73 Å². The van der Waals surface area contributed by atoms with Crippen molar-refractivity contribution < 1.29 is 13.2 Å². The third-order valence-corrected chi connectivity index (χ3v) is 4.79. The van der Waals surface area contributed by atoms with Gasteiger partial charge >= 0.3 is 0 Å². The molecule has 1 aromatic heterocycles. The number of hydrogen-bond donors (Lipinski definition) is 2. The molecule has 0 amide bonds. The predicted octanol–water partition coefficient (Wildman–Crippen LogP) is -0.351. The van der Waals surface area contributed by atoms with Gasteiger partial charge in [0.05, 0.1) is 12.8 Å². The highest BCUT2D eigenvalue weighted by Crippen LogP contribution is 2.26. The number of aromatic nitrogens is 2. The first-order valence-electron chi connectivity index (χ1n) is 5.33. The van der Waals surface area contributed by atoms with Crippen LogP contribution in [0.15, 0.2) is 11.1 Å². The van der Waals surface area contributed by atoms with Crippen LogP contribution in [0, 0.1) is 5.92 Å². The van der Waals surface area contributed by atoms with E-state index in [0.29, 0.717) is 19.7 Å². The van der Waals surface area contributed by atoms with Gasteiger partial charge in [-0.05, 0) is 12.3 Å². The molecule has 1 saturated heterocycles. The summed E-state index contributed by atoms with van der Waals surface area (Å²) < 4.78 is 30.9. The van der Waals surface area contributed by atoms with Gasteiger partial charge in [-0.3, -0.25) is 5.10 Å². The monoisotopic (exact) mass is 260 g/mol. The van der Waals surface area contributed by atoms with E-state index in [1.54, 1.807) is 7.11 Å². The maximum absolute atomic E-state index is 12.2. The molecule has 2 rings (SSSR count). The molecular formula is C9H16N4O3S. The fourth-order valence-electron chi connectivity index (χ4n) is 2.02. The maximum Gasteiger partial charge on any atom is 0.248 e. The minimum atomic E-state index is -3.52. The first-order chi connectivity index (χ1) is 8.05. The number of rotatable bonds is 4. The fourth-order valence-corrected chi connectivity index (χ4v) is 3.56. The van der Waals surface area contributed by atoms with Gasteiger partial charge in [-0.1, -0.05) is 0 Å². The maximum atomic E-state index is 12.2. The van der Waals surface area contributed by atoms with Gasteiger partial charge in [-0.15, -0.1) is 0 Å². The second-order valence-electron chi connectivity index (χ2n) is 4.12. The second-order valence-corrected chi connectivity index (χ2v) is 6.03. The van der Waals surface area contributed by atoms with Gasteiger partial charge in [0, 0.05) is 20.2 Å². The van der Waals surface area contributed by atoms with Crippen molar-refractivity contribution in [3.05, 3.63) is 6.20 Å². The number of ether oxygens (including phenoxy) is 1. The molecule has 0 aliphatic carbocycles. The molecule has 8 heteroatoms. The molecule has 7 nitrogen and oxygen atoms in total. The van der Waals surface area contributed by atoms with Gasteiger partial charge in [-0.2, -0.15) is 9.40 Å². The Balaban J connectivity index is 2.16. The highest BCUT2D eigenvalue weighted by molar-refractivity contribution is 7.89. The van der Waals surface area contributed by atoms with E-state index in [4.69, 9.17) is 10.5 Å². The van der Waals surface area contributed by atoms with Crippen molar-refractivity contribution in [3.63, 3.8) is 0 Å². The number of sulfonamides is 1. The quantitative estimate of drug-likeness (QED) is 0.770. The second kappa shape index (κ2) is 4.63. The number of H-pyrrole nitrogens is 1. The summed E-state index contributed by atoms with van der Waals surface area (Å²) in [6.45, 7) is 1.55. The summed E-state index contributed by atoms with van der Waals surface area (Å²) >= 11 is 0. The van der Waals surface area contributed by atoms with E-state index in [1.807, 2.05) is 0 Å². The van der Waals surface area contributed by atoms with Crippen LogP contribution >= 0.6 is 0 Å². The Kier molecular flexibility index (Phi) is 3.36. The summed E-state index contributed by atoms with van der Waals surface area (Å²) in [5.41, 5.74) is 5.54. The number of hydrogen-bond acceptors (Lipinski definition) is 5. The van der Waals surface area contributed by atoms with Gasteiger partial charge in [0.15, 0.2) is 0 Å².